The smallest absolute Gasteiger partial charge is 0.362 e. The summed E-state index contributed by atoms with van der Waals surface area (Å²) in [7, 11) is 0. The molecule has 102 valence electrons. The molecule has 0 bridgehead atoms. The summed E-state index contributed by atoms with van der Waals surface area (Å²) in [5, 5.41) is 11.4. The van der Waals surface area contributed by atoms with Crippen LogP contribution in [-0.2, 0) is 11.3 Å². The second-order valence-electron chi connectivity index (χ2n) is 4.00. The Morgan fingerprint density at radius 1 is 1.47 bits per heavy atom. The molecule has 0 unspecified atom stereocenters. The molecule has 8 nitrogen and oxygen atoms in total. The number of esters is 1. The molecular formula is C11H15N5O3. The molecule has 2 aromatic heterocycles. The van der Waals surface area contributed by atoms with Gasteiger partial charge < -0.3 is 15.0 Å². The third-order valence-corrected chi connectivity index (χ3v) is 2.73. The molecular weight excluding hydrogens is 250 g/mol. The molecule has 0 aliphatic heterocycles. The van der Waals surface area contributed by atoms with E-state index < -0.39 is 5.97 Å². The fourth-order valence-corrected chi connectivity index (χ4v) is 1.66. The minimum atomic E-state index is -0.579. The van der Waals surface area contributed by atoms with E-state index in [2.05, 4.69) is 15.5 Å². The van der Waals surface area contributed by atoms with Crippen LogP contribution in [0.2, 0.25) is 0 Å². The molecule has 0 aromatic carbocycles. The zero-order valence-corrected chi connectivity index (χ0v) is 11.0. The molecule has 0 saturated carbocycles. The first-order chi connectivity index (χ1) is 9.04. The molecule has 0 radical (unpaired) electrons. The van der Waals surface area contributed by atoms with Crippen LogP contribution in [0.5, 0.6) is 0 Å². The Morgan fingerprint density at radius 2 is 2.21 bits per heavy atom. The van der Waals surface area contributed by atoms with Crippen LogP contribution in [0.25, 0.3) is 0 Å². The Hall–Kier alpha value is -2.38. The van der Waals surface area contributed by atoms with Gasteiger partial charge in [0.05, 0.1) is 18.8 Å². The number of hydrogen-bond acceptors (Lipinski definition) is 7. The normalized spacial score (nSPS) is 10.7. The first kappa shape index (κ1) is 13.1. The van der Waals surface area contributed by atoms with Gasteiger partial charge in [-0.15, -0.1) is 5.10 Å². The minimum absolute atomic E-state index is 0.0219. The molecule has 0 fully saturated rings. The summed E-state index contributed by atoms with van der Waals surface area (Å²) in [5.74, 6) is 0.272. The molecule has 2 aromatic rings. The van der Waals surface area contributed by atoms with E-state index in [-0.39, 0.29) is 18.1 Å². The molecule has 2 rings (SSSR count). The lowest BCUT2D eigenvalue weighted by Gasteiger charge is -2.03. The number of nitrogens with two attached hydrogens (primary N) is 1. The third-order valence-electron chi connectivity index (χ3n) is 2.73. The maximum atomic E-state index is 11.6. The molecule has 0 aliphatic carbocycles. The van der Waals surface area contributed by atoms with E-state index in [1.54, 1.807) is 13.8 Å². The van der Waals surface area contributed by atoms with Gasteiger partial charge in [-0.25, -0.2) is 9.48 Å². The lowest BCUT2D eigenvalue weighted by molar-refractivity contribution is 0.0520. The quantitative estimate of drug-likeness (QED) is 0.810. The number of anilines is 1. The summed E-state index contributed by atoms with van der Waals surface area (Å²) in [6.45, 7) is 5.94. The van der Waals surface area contributed by atoms with Crippen LogP contribution < -0.4 is 5.73 Å². The minimum Gasteiger partial charge on any atom is -0.461 e. The monoisotopic (exact) mass is 265 g/mol. The summed E-state index contributed by atoms with van der Waals surface area (Å²) in [6, 6.07) is 0. The lowest BCUT2D eigenvalue weighted by Crippen LogP contribution is -2.11. The Morgan fingerprint density at radius 3 is 2.79 bits per heavy atom. The largest absolute Gasteiger partial charge is 0.461 e. The maximum absolute atomic E-state index is 11.6. The molecule has 0 aliphatic rings. The van der Waals surface area contributed by atoms with Gasteiger partial charge in [0.1, 0.15) is 5.76 Å². The number of carbonyl (C=O) groups is 1. The topological polar surface area (TPSA) is 109 Å². The molecule has 0 amide bonds. The summed E-state index contributed by atoms with van der Waals surface area (Å²) in [5.41, 5.74) is 7.48. The van der Waals surface area contributed by atoms with Crippen LogP contribution in [0, 0.1) is 13.8 Å². The molecule has 2 heterocycles. The van der Waals surface area contributed by atoms with Crippen molar-refractivity contribution in [3.05, 3.63) is 22.7 Å². The Labute approximate surface area is 109 Å². The van der Waals surface area contributed by atoms with Crippen molar-refractivity contribution in [2.45, 2.75) is 27.3 Å². The highest BCUT2D eigenvalue weighted by atomic mass is 16.5. The van der Waals surface area contributed by atoms with E-state index in [1.807, 2.05) is 6.92 Å². The van der Waals surface area contributed by atoms with E-state index in [0.29, 0.717) is 12.3 Å². The van der Waals surface area contributed by atoms with Gasteiger partial charge in [-0.1, -0.05) is 10.4 Å². The van der Waals surface area contributed by atoms with E-state index in [0.717, 1.165) is 11.3 Å². The molecule has 0 atom stereocenters. The highest BCUT2D eigenvalue weighted by Gasteiger charge is 2.20. The zero-order chi connectivity index (χ0) is 14.0. The Balaban J connectivity index is 2.26. The first-order valence-corrected chi connectivity index (χ1v) is 5.82. The molecule has 0 spiro atoms. The van der Waals surface area contributed by atoms with Crippen molar-refractivity contribution in [2.24, 2.45) is 0 Å². The van der Waals surface area contributed by atoms with E-state index >= 15 is 0 Å². The number of ether oxygens (including phenoxy) is 1. The number of nitrogens with zero attached hydrogens (tertiary/aromatic N) is 4. The van der Waals surface area contributed by atoms with Crippen LogP contribution in [0.3, 0.4) is 0 Å². The standard InChI is InChI=1S/C11H15N5O3/c1-4-18-11(17)9-10(12)16(15-13-9)5-8-6(2)14-19-7(8)3/h4-5,12H2,1-3H3. The molecule has 19 heavy (non-hydrogen) atoms. The number of carbonyl (C=O) groups excluding carboxylic acids is 1. The van der Waals surface area contributed by atoms with Crippen LogP contribution >= 0.6 is 0 Å². The second-order valence-corrected chi connectivity index (χ2v) is 4.00. The molecule has 8 heteroatoms. The van der Waals surface area contributed by atoms with Gasteiger partial charge in [-0.3, -0.25) is 0 Å². The number of rotatable bonds is 4. The summed E-state index contributed by atoms with van der Waals surface area (Å²) in [4.78, 5) is 11.6. The SMILES string of the molecule is CCOC(=O)c1nnn(Cc2c(C)noc2C)c1N. The van der Waals surface area contributed by atoms with Crippen molar-refractivity contribution in [3.63, 3.8) is 0 Å². The number of aryl methyl sites for hydroxylation is 2. The average Bonchev–Trinajstić information content (AvgIpc) is 2.88. The highest BCUT2D eigenvalue weighted by Crippen LogP contribution is 2.17. The van der Waals surface area contributed by atoms with Crippen molar-refractivity contribution in [1.82, 2.24) is 20.2 Å². The lowest BCUT2D eigenvalue weighted by atomic mass is 10.2. The van der Waals surface area contributed by atoms with E-state index in [9.17, 15) is 4.79 Å². The van der Waals surface area contributed by atoms with Crippen molar-refractivity contribution in [2.75, 3.05) is 12.3 Å². The predicted molar refractivity (Wildman–Crippen MR) is 65.5 cm³/mol. The zero-order valence-electron chi connectivity index (χ0n) is 11.0. The number of nitrogen functional groups attached to an aromatic ring is 1. The Kier molecular flexibility index (Phi) is 3.50. The summed E-state index contributed by atoms with van der Waals surface area (Å²) >= 11 is 0. The third kappa shape index (κ3) is 2.42. The van der Waals surface area contributed by atoms with Crippen LogP contribution in [0.4, 0.5) is 5.82 Å². The summed E-state index contributed by atoms with van der Waals surface area (Å²) < 4.78 is 11.3. The summed E-state index contributed by atoms with van der Waals surface area (Å²) in [6.07, 6.45) is 0. The fourth-order valence-electron chi connectivity index (χ4n) is 1.66. The predicted octanol–water partition coefficient (Wildman–Crippen LogP) is 0.690. The number of aromatic nitrogens is 4. The number of hydrogen-bond donors (Lipinski definition) is 1. The van der Waals surface area contributed by atoms with Crippen molar-refractivity contribution in [1.29, 1.82) is 0 Å². The van der Waals surface area contributed by atoms with Gasteiger partial charge in [-0.05, 0) is 20.8 Å². The van der Waals surface area contributed by atoms with Gasteiger partial charge in [0, 0.05) is 5.56 Å². The van der Waals surface area contributed by atoms with Gasteiger partial charge in [0.25, 0.3) is 0 Å². The van der Waals surface area contributed by atoms with Crippen LogP contribution in [-0.4, -0.2) is 32.7 Å². The van der Waals surface area contributed by atoms with Crippen LogP contribution in [0.15, 0.2) is 4.52 Å². The Bertz CT molecular complexity index is 582. The average molecular weight is 265 g/mol. The maximum Gasteiger partial charge on any atom is 0.362 e. The highest BCUT2D eigenvalue weighted by molar-refractivity contribution is 5.91. The van der Waals surface area contributed by atoms with Crippen molar-refractivity contribution in [3.8, 4) is 0 Å². The van der Waals surface area contributed by atoms with Crippen LogP contribution in [0.1, 0.15) is 34.4 Å². The van der Waals surface area contributed by atoms with Gasteiger partial charge in [0.2, 0.25) is 5.69 Å². The van der Waals surface area contributed by atoms with Gasteiger partial charge >= 0.3 is 5.97 Å². The second kappa shape index (κ2) is 5.09. The molecule has 2 N–H and O–H groups in total. The van der Waals surface area contributed by atoms with E-state index in [4.69, 9.17) is 15.0 Å². The van der Waals surface area contributed by atoms with Crippen molar-refractivity contribution >= 4 is 11.8 Å². The van der Waals surface area contributed by atoms with Gasteiger partial charge in [-0.2, -0.15) is 0 Å². The first-order valence-electron chi connectivity index (χ1n) is 5.82. The fraction of sp³-hybridized carbons (Fsp3) is 0.455. The van der Waals surface area contributed by atoms with E-state index in [1.165, 1.54) is 4.68 Å². The van der Waals surface area contributed by atoms with Gasteiger partial charge in [0.15, 0.2) is 5.82 Å². The van der Waals surface area contributed by atoms with Crippen molar-refractivity contribution < 1.29 is 14.1 Å². The molecule has 0 saturated heterocycles.